The summed E-state index contributed by atoms with van der Waals surface area (Å²) >= 11 is 0. The van der Waals surface area contributed by atoms with E-state index in [0.29, 0.717) is 12.5 Å². The number of nitrogens with zero attached hydrogens (tertiary/aromatic N) is 2. The number of carbonyl (C=O) groups excluding carboxylic acids is 1. The van der Waals surface area contributed by atoms with Crippen LogP contribution in [0, 0.1) is 5.92 Å². The second kappa shape index (κ2) is 6.68. The van der Waals surface area contributed by atoms with Crippen molar-refractivity contribution < 1.29 is 9.53 Å². The summed E-state index contributed by atoms with van der Waals surface area (Å²) in [6.07, 6.45) is 1.36. The van der Waals surface area contributed by atoms with Crippen molar-refractivity contribution >= 4 is 5.91 Å². The van der Waals surface area contributed by atoms with Gasteiger partial charge in [-0.2, -0.15) is 0 Å². The van der Waals surface area contributed by atoms with Gasteiger partial charge in [-0.15, -0.1) is 0 Å². The molecule has 2 atom stereocenters. The Bertz CT molecular complexity index is 309. The molecule has 2 fully saturated rings. The summed E-state index contributed by atoms with van der Waals surface area (Å²) in [4.78, 5) is 16.3. The van der Waals surface area contributed by atoms with E-state index in [1.807, 2.05) is 4.90 Å². The standard InChI is InChI=1S/C14H27N3O2/c1-4-16-5-6-19-12(9-16)10-17-13(7-11(2)3)15-8-14(17)18/h11-13,15H,4-10H2,1-3H3. The molecular formula is C14H27N3O2. The van der Waals surface area contributed by atoms with E-state index in [9.17, 15) is 4.79 Å². The number of likely N-dealkylation sites (N-methyl/N-ethyl adjacent to an activating group) is 1. The smallest absolute Gasteiger partial charge is 0.237 e. The van der Waals surface area contributed by atoms with Crippen LogP contribution in [0.15, 0.2) is 0 Å². The minimum Gasteiger partial charge on any atom is -0.374 e. The van der Waals surface area contributed by atoms with Crippen LogP contribution in [0.1, 0.15) is 27.2 Å². The third-order valence-electron chi connectivity index (χ3n) is 3.95. The van der Waals surface area contributed by atoms with Crippen molar-refractivity contribution in [2.24, 2.45) is 5.92 Å². The number of rotatable bonds is 5. The first-order chi connectivity index (χ1) is 9.10. The Hall–Kier alpha value is -0.650. The number of hydrogen-bond acceptors (Lipinski definition) is 4. The van der Waals surface area contributed by atoms with Crippen LogP contribution >= 0.6 is 0 Å². The molecule has 110 valence electrons. The molecule has 2 aliphatic heterocycles. The van der Waals surface area contributed by atoms with E-state index in [0.717, 1.165) is 39.2 Å². The third-order valence-corrected chi connectivity index (χ3v) is 3.95. The van der Waals surface area contributed by atoms with E-state index in [1.165, 1.54) is 0 Å². The summed E-state index contributed by atoms with van der Waals surface area (Å²) in [5.74, 6) is 0.799. The van der Waals surface area contributed by atoms with Crippen molar-refractivity contribution in [2.45, 2.75) is 39.5 Å². The zero-order valence-electron chi connectivity index (χ0n) is 12.4. The highest BCUT2D eigenvalue weighted by molar-refractivity contribution is 5.80. The molecule has 0 aromatic carbocycles. The molecule has 1 N–H and O–H groups in total. The Morgan fingerprint density at radius 1 is 1.47 bits per heavy atom. The summed E-state index contributed by atoms with van der Waals surface area (Å²) in [5.41, 5.74) is 0. The van der Waals surface area contributed by atoms with Crippen molar-refractivity contribution in [2.75, 3.05) is 39.3 Å². The first-order valence-corrected chi connectivity index (χ1v) is 7.47. The van der Waals surface area contributed by atoms with Crippen LogP contribution in [-0.4, -0.2) is 67.3 Å². The van der Waals surface area contributed by atoms with E-state index >= 15 is 0 Å². The first-order valence-electron chi connectivity index (χ1n) is 7.47. The minimum atomic E-state index is 0.159. The van der Waals surface area contributed by atoms with Gasteiger partial charge in [0.1, 0.15) is 0 Å². The van der Waals surface area contributed by atoms with Crippen molar-refractivity contribution in [1.29, 1.82) is 0 Å². The summed E-state index contributed by atoms with van der Waals surface area (Å²) in [7, 11) is 0. The maximum Gasteiger partial charge on any atom is 0.237 e. The number of hydrogen-bond donors (Lipinski definition) is 1. The van der Waals surface area contributed by atoms with Gasteiger partial charge < -0.3 is 9.64 Å². The van der Waals surface area contributed by atoms with Crippen LogP contribution in [0.2, 0.25) is 0 Å². The molecule has 0 radical (unpaired) electrons. The molecular weight excluding hydrogens is 242 g/mol. The highest BCUT2D eigenvalue weighted by Crippen LogP contribution is 2.16. The summed E-state index contributed by atoms with van der Waals surface area (Å²) in [5, 5.41) is 3.31. The lowest BCUT2D eigenvalue weighted by Crippen LogP contribution is -2.50. The molecule has 2 rings (SSSR count). The number of carbonyl (C=O) groups is 1. The lowest BCUT2D eigenvalue weighted by Gasteiger charge is -2.35. The van der Waals surface area contributed by atoms with Crippen LogP contribution < -0.4 is 5.32 Å². The normalized spacial score (nSPS) is 29.5. The maximum atomic E-state index is 12.0. The zero-order chi connectivity index (χ0) is 13.8. The molecule has 0 spiro atoms. The average Bonchev–Trinajstić information content (AvgIpc) is 2.71. The van der Waals surface area contributed by atoms with Gasteiger partial charge in [0.25, 0.3) is 0 Å². The van der Waals surface area contributed by atoms with Gasteiger partial charge in [-0.1, -0.05) is 20.8 Å². The predicted octanol–water partition coefficient (Wildman–Crippen LogP) is 0.511. The van der Waals surface area contributed by atoms with Crippen LogP contribution in [0.25, 0.3) is 0 Å². The molecule has 0 aromatic heterocycles. The molecule has 0 aromatic rings. The minimum absolute atomic E-state index is 0.159. The fraction of sp³-hybridized carbons (Fsp3) is 0.929. The Labute approximate surface area is 116 Å². The van der Waals surface area contributed by atoms with Crippen molar-refractivity contribution in [3.8, 4) is 0 Å². The van der Waals surface area contributed by atoms with Crippen molar-refractivity contribution in [3.63, 3.8) is 0 Å². The molecule has 5 heteroatoms. The average molecular weight is 269 g/mol. The Balaban J connectivity index is 1.90. The number of amides is 1. The van der Waals surface area contributed by atoms with Gasteiger partial charge in [0.2, 0.25) is 5.91 Å². The SMILES string of the molecule is CCN1CCOC(CN2C(=O)CNC2CC(C)C)C1. The Morgan fingerprint density at radius 2 is 2.26 bits per heavy atom. The van der Waals surface area contributed by atoms with Crippen LogP contribution in [0.3, 0.4) is 0 Å². The second-order valence-corrected chi connectivity index (χ2v) is 5.96. The third kappa shape index (κ3) is 3.91. The van der Waals surface area contributed by atoms with Crippen molar-refractivity contribution in [3.05, 3.63) is 0 Å². The zero-order valence-corrected chi connectivity index (χ0v) is 12.4. The Morgan fingerprint density at radius 3 is 2.95 bits per heavy atom. The predicted molar refractivity (Wildman–Crippen MR) is 74.8 cm³/mol. The molecule has 2 heterocycles. The molecule has 0 aliphatic carbocycles. The van der Waals surface area contributed by atoms with E-state index in [-0.39, 0.29) is 18.2 Å². The van der Waals surface area contributed by atoms with E-state index in [2.05, 4.69) is 31.0 Å². The van der Waals surface area contributed by atoms with Crippen LogP contribution in [0.4, 0.5) is 0 Å². The number of nitrogens with one attached hydrogen (secondary N) is 1. The largest absolute Gasteiger partial charge is 0.374 e. The van der Waals surface area contributed by atoms with E-state index in [4.69, 9.17) is 4.74 Å². The van der Waals surface area contributed by atoms with Gasteiger partial charge in [0, 0.05) is 19.6 Å². The summed E-state index contributed by atoms with van der Waals surface area (Å²) in [6.45, 7) is 11.5. The monoisotopic (exact) mass is 269 g/mol. The molecule has 5 nitrogen and oxygen atoms in total. The van der Waals surface area contributed by atoms with Gasteiger partial charge in [-0.3, -0.25) is 15.0 Å². The quantitative estimate of drug-likeness (QED) is 0.790. The van der Waals surface area contributed by atoms with E-state index < -0.39 is 0 Å². The van der Waals surface area contributed by atoms with Gasteiger partial charge in [0.15, 0.2) is 0 Å². The Kier molecular flexibility index (Phi) is 5.19. The lowest BCUT2D eigenvalue weighted by atomic mass is 10.1. The highest BCUT2D eigenvalue weighted by atomic mass is 16.5. The summed E-state index contributed by atoms with van der Waals surface area (Å²) in [6, 6.07) is 0. The topological polar surface area (TPSA) is 44.8 Å². The van der Waals surface area contributed by atoms with Gasteiger partial charge >= 0.3 is 0 Å². The van der Waals surface area contributed by atoms with Gasteiger partial charge in [-0.25, -0.2) is 0 Å². The van der Waals surface area contributed by atoms with Crippen LogP contribution in [-0.2, 0) is 9.53 Å². The van der Waals surface area contributed by atoms with Gasteiger partial charge in [-0.05, 0) is 18.9 Å². The van der Waals surface area contributed by atoms with E-state index in [1.54, 1.807) is 0 Å². The fourth-order valence-electron chi connectivity index (χ4n) is 2.87. The number of ether oxygens (including phenoxy) is 1. The first kappa shape index (κ1) is 14.8. The van der Waals surface area contributed by atoms with Gasteiger partial charge in [0.05, 0.1) is 25.4 Å². The number of morpholine rings is 1. The lowest BCUT2D eigenvalue weighted by molar-refractivity contribution is -0.131. The van der Waals surface area contributed by atoms with Crippen LogP contribution in [0.5, 0.6) is 0 Å². The highest BCUT2D eigenvalue weighted by Gasteiger charge is 2.33. The second-order valence-electron chi connectivity index (χ2n) is 5.96. The molecule has 0 bridgehead atoms. The summed E-state index contributed by atoms with van der Waals surface area (Å²) < 4.78 is 5.81. The molecule has 19 heavy (non-hydrogen) atoms. The molecule has 2 unspecified atom stereocenters. The maximum absolute atomic E-state index is 12.0. The molecule has 1 amide bonds. The molecule has 0 saturated carbocycles. The molecule has 2 saturated heterocycles. The fourth-order valence-corrected chi connectivity index (χ4v) is 2.87. The van der Waals surface area contributed by atoms with Crippen molar-refractivity contribution in [1.82, 2.24) is 15.1 Å². The molecule has 2 aliphatic rings.